The first-order chi connectivity index (χ1) is 32.7. The Morgan fingerprint density at radius 3 is 1.71 bits per heavy atom. The molecule has 0 aliphatic rings. The van der Waals surface area contributed by atoms with E-state index in [1.54, 1.807) is 96.1 Å². The van der Waals surface area contributed by atoms with Crippen molar-refractivity contribution in [3.8, 4) is 0 Å². The fourth-order valence-corrected chi connectivity index (χ4v) is 6.90. The van der Waals surface area contributed by atoms with Gasteiger partial charge in [-0.05, 0) is 67.7 Å². The number of aryl methyl sites for hydroxylation is 1. The predicted molar refractivity (Wildman–Crippen MR) is 254 cm³/mol. The molecule has 22 heteroatoms. The minimum Gasteiger partial charge on any atom is -0.481 e. The van der Waals surface area contributed by atoms with Gasteiger partial charge >= 0.3 is 18.0 Å². The highest BCUT2D eigenvalue weighted by atomic mass is 16.6. The molecule has 2 aromatic rings. The lowest BCUT2D eigenvalue weighted by atomic mass is 9.85. The van der Waals surface area contributed by atoms with Crippen molar-refractivity contribution < 1.29 is 67.7 Å². The highest BCUT2D eigenvalue weighted by Gasteiger charge is 2.39. The van der Waals surface area contributed by atoms with E-state index >= 15 is 0 Å². The summed E-state index contributed by atoms with van der Waals surface area (Å²) in [5, 5.41) is 36.5. The number of para-hydroxylation sites is 1. The Labute approximate surface area is 406 Å². The van der Waals surface area contributed by atoms with Gasteiger partial charge in [0.25, 0.3) is 11.8 Å². The summed E-state index contributed by atoms with van der Waals surface area (Å²) in [6.45, 7) is 13.2. The van der Waals surface area contributed by atoms with Crippen LogP contribution in [0.5, 0.6) is 0 Å². The fourth-order valence-electron chi connectivity index (χ4n) is 6.90. The number of unbranched alkanes of at least 4 members (excludes halogenated alkanes) is 1. The summed E-state index contributed by atoms with van der Waals surface area (Å²) < 4.78 is 5.08. The van der Waals surface area contributed by atoms with Crippen LogP contribution in [0.3, 0.4) is 0 Å². The number of anilines is 1. The molecule has 0 aliphatic heterocycles. The van der Waals surface area contributed by atoms with Crippen LogP contribution in [0.1, 0.15) is 105 Å². The molecular weight excluding hydrogens is 913 g/mol. The molecule has 0 heterocycles. The number of primary amides is 1. The summed E-state index contributed by atoms with van der Waals surface area (Å²) in [6.07, 6.45) is -3.76. The first kappa shape index (κ1) is 58.7. The number of rotatable bonds is 28. The second kappa shape index (κ2) is 28.2. The van der Waals surface area contributed by atoms with Gasteiger partial charge in [0.05, 0.1) is 12.5 Å². The topological polar surface area (TPSA) is 348 Å². The number of carbonyl (C=O) groups excluding carboxylic acids is 9. The molecule has 0 radical (unpaired) electrons. The van der Waals surface area contributed by atoms with E-state index in [4.69, 9.17) is 10.5 Å². The second-order valence-corrected chi connectivity index (χ2v) is 18.3. The molecule has 0 aliphatic carbocycles. The van der Waals surface area contributed by atoms with Crippen molar-refractivity contribution in [3.63, 3.8) is 0 Å². The van der Waals surface area contributed by atoms with Gasteiger partial charge in [0.2, 0.25) is 35.3 Å². The third-order valence-electron chi connectivity index (χ3n) is 10.8. The van der Waals surface area contributed by atoms with E-state index in [1.165, 1.54) is 0 Å². The van der Waals surface area contributed by atoms with Gasteiger partial charge in [-0.25, -0.2) is 4.79 Å². The van der Waals surface area contributed by atoms with E-state index in [1.807, 2.05) is 6.92 Å². The zero-order chi connectivity index (χ0) is 52.9. The van der Waals surface area contributed by atoms with Gasteiger partial charge in [0.15, 0.2) is 6.10 Å². The van der Waals surface area contributed by atoms with Crippen LogP contribution in [-0.2, 0) is 59.1 Å². The Balaban J connectivity index is 2.46. The summed E-state index contributed by atoms with van der Waals surface area (Å²) in [7, 11) is 0. The molecule has 2 rings (SSSR count). The number of nitrogens with one attached hydrogen (secondary N) is 7. The molecule has 384 valence electrons. The van der Waals surface area contributed by atoms with Crippen molar-refractivity contribution in [1.82, 2.24) is 31.9 Å². The quantitative estimate of drug-likeness (QED) is 0.0544. The fraction of sp³-hybridized carbons (Fsp3) is 0.521. The van der Waals surface area contributed by atoms with Gasteiger partial charge in [0.1, 0.15) is 30.2 Å². The Kier molecular flexibility index (Phi) is 23.6. The largest absolute Gasteiger partial charge is 0.481 e. The number of carboxylic acids is 2. The Morgan fingerprint density at radius 1 is 0.629 bits per heavy atom. The Hall–Kier alpha value is -7.39. The molecule has 0 bridgehead atoms. The second-order valence-electron chi connectivity index (χ2n) is 18.3. The summed E-state index contributed by atoms with van der Waals surface area (Å²) in [5.41, 5.74) is 5.80. The smallest absolute Gasteiger partial charge is 0.412 e. The van der Waals surface area contributed by atoms with E-state index in [9.17, 15) is 63.0 Å². The van der Waals surface area contributed by atoms with Crippen molar-refractivity contribution >= 4 is 70.9 Å². The SMILES string of the molecule is CCCC[C@H](NC(=O)[C@H](CC(C)C)NC(=O)[C@@H](NC(=O)[C@H](Cc1ccccc1C)NC(=O)[C@H](CCC(=O)O)NC(=O)[C@H](CC(=O)O)NC(=O)[C@H](C)OC(=O)Nc1ccccc1)C(C)(C)C)C(=O)C(N)=O. The number of amides is 8. The van der Waals surface area contributed by atoms with Gasteiger partial charge in [-0.3, -0.25) is 53.3 Å². The molecule has 0 saturated carbocycles. The third-order valence-corrected chi connectivity index (χ3v) is 10.8. The summed E-state index contributed by atoms with van der Waals surface area (Å²) in [6, 6.07) is 5.92. The van der Waals surface area contributed by atoms with Crippen LogP contribution in [0.15, 0.2) is 54.6 Å². The summed E-state index contributed by atoms with van der Waals surface area (Å²) in [5.74, 6) is -11.3. The number of nitrogens with two attached hydrogens (primary N) is 1. The Bertz CT molecular complexity index is 2200. The number of hydrogen-bond donors (Lipinski definition) is 10. The van der Waals surface area contributed by atoms with E-state index in [2.05, 4.69) is 37.2 Å². The van der Waals surface area contributed by atoms with Gasteiger partial charge in [-0.15, -0.1) is 0 Å². The lowest BCUT2D eigenvalue weighted by Crippen LogP contribution is -2.62. The standard InChI is InChI=1S/C48H68N8O14/c1-9-10-20-31(38(61)40(49)62)51-43(65)33(23-26(2)3)55-46(68)39(48(6,7)8)56-45(67)34(24-29-17-15-14-16-27(29)4)54-42(64)32(21-22-36(57)58)52-44(66)35(25-37(59)60)53-41(63)28(5)70-47(69)50-30-18-12-11-13-19-30/h11-19,26,28,31-35,39H,9-10,20-25H2,1-8H3,(H2,49,62)(H,50,69)(H,51,65)(H,52,66)(H,53,63)(H,54,64)(H,55,68)(H,56,67)(H,57,58)(H,59,60)/t28-,31-,32-,33-,34-,35-,39+/m0/s1. The number of benzene rings is 2. The molecule has 2 aromatic carbocycles. The molecule has 0 spiro atoms. The van der Waals surface area contributed by atoms with Crippen LogP contribution < -0.4 is 43.0 Å². The molecular formula is C48H68N8O14. The van der Waals surface area contributed by atoms with Gasteiger partial charge in [-0.1, -0.05) is 96.8 Å². The monoisotopic (exact) mass is 980 g/mol. The number of ether oxygens (including phenoxy) is 1. The maximum atomic E-state index is 14.4. The molecule has 0 unspecified atom stereocenters. The van der Waals surface area contributed by atoms with Crippen LogP contribution >= 0.6 is 0 Å². The first-order valence-electron chi connectivity index (χ1n) is 22.9. The maximum absolute atomic E-state index is 14.4. The van der Waals surface area contributed by atoms with Crippen LogP contribution in [-0.4, -0.2) is 118 Å². The minimum atomic E-state index is -1.88. The highest BCUT2D eigenvalue weighted by molar-refractivity contribution is 6.37. The lowest BCUT2D eigenvalue weighted by molar-refractivity contribution is -0.142. The van der Waals surface area contributed by atoms with Crippen molar-refractivity contribution in [1.29, 1.82) is 0 Å². The molecule has 70 heavy (non-hydrogen) atoms. The van der Waals surface area contributed by atoms with Gasteiger partial charge in [0, 0.05) is 18.5 Å². The average molecular weight is 981 g/mol. The minimum absolute atomic E-state index is 0.0821. The summed E-state index contributed by atoms with van der Waals surface area (Å²) >= 11 is 0. The molecule has 8 amide bonds. The number of Topliss-reactive ketones (excluding diaryl/α,β-unsaturated/α-hetero) is 1. The van der Waals surface area contributed by atoms with Crippen molar-refractivity contribution in [2.75, 3.05) is 5.32 Å². The maximum Gasteiger partial charge on any atom is 0.412 e. The number of aliphatic carboxylic acids is 2. The highest BCUT2D eigenvalue weighted by Crippen LogP contribution is 2.21. The van der Waals surface area contributed by atoms with Crippen molar-refractivity contribution in [2.24, 2.45) is 17.1 Å². The molecule has 0 saturated heterocycles. The van der Waals surface area contributed by atoms with E-state index in [0.717, 1.165) is 6.92 Å². The van der Waals surface area contributed by atoms with Crippen molar-refractivity contribution in [3.05, 3.63) is 65.7 Å². The van der Waals surface area contributed by atoms with Crippen LogP contribution in [0.25, 0.3) is 0 Å². The zero-order valence-corrected chi connectivity index (χ0v) is 40.8. The normalized spacial score (nSPS) is 14.1. The molecule has 11 N–H and O–H groups in total. The Morgan fingerprint density at radius 2 is 1.16 bits per heavy atom. The first-order valence-corrected chi connectivity index (χ1v) is 22.9. The van der Waals surface area contributed by atoms with Crippen LogP contribution in [0.4, 0.5) is 10.5 Å². The zero-order valence-electron chi connectivity index (χ0n) is 40.8. The summed E-state index contributed by atoms with van der Waals surface area (Å²) in [4.78, 5) is 144. The number of carboxylic acid groups (broad SMARTS) is 2. The number of hydrogen-bond acceptors (Lipinski definition) is 12. The number of carbonyl (C=O) groups is 11. The molecule has 7 atom stereocenters. The molecule has 22 nitrogen and oxygen atoms in total. The third kappa shape index (κ3) is 20.5. The van der Waals surface area contributed by atoms with E-state index < -0.39 is 132 Å². The predicted octanol–water partition coefficient (Wildman–Crippen LogP) is 1.76. The van der Waals surface area contributed by atoms with Crippen LogP contribution in [0.2, 0.25) is 0 Å². The van der Waals surface area contributed by atoms with Gasteiger partial charge < -0.3 is 52.6 Å². The molecule has 0 fully saturated rings. The molecule has 0 aromatic heterocycles. The number of ketones is 1. The average Bonchev–Trinajstić information content (AvgIpc) is 3.27. The van der Waals surface area contributed by atoms with Crippen molar-refractivity contribution in [2.45, 2.75) is 149 Å². The van der Waals surface area contributed by atoms with Crippen LogP contribution in [0, 0.1) is 18.3 Å². The lowest BCUT2D eigenvalue weighted by Gasteiger charge is -2.34. The van der Waals surface area contributed by atoms with E-state index in [0.29, 0.717) is 29.7 Å². The van der Waals surface area contributed by atoms with E-state index in [-0.39, 0.29) is 25.2 Å². The van der Waals surface area contributed by atoms with Gasteiger partial charge in [-0.2, -0.15) is 0 Å².